The molecule has 0 aliphatic rings. The third kappa shape index (κ3) is 3.00. The first kappa shape index (κ1) is 13.7. The van der Waals surface area contributed by atoms with Crippen LogP contribution in [-0.2, 0) is 0 Å². The summed E-state index contributed by atoms with van der Waals surface area (Å²) in [6.45, 7) is 3.63. The van der Waals surface area contributed by atoms with Gasteiger partial charge < -0.3 is 10.1 Å². The highest BCUT2D eigenvalue weighted by Gasteiger charge is 2.11. The van der Waals surface area contributed by atoms with E-state index in [-0.39, 0.29) is 5.69 Å². The predicted molar refractivity (Wildman–Crippen MR) is 74.2 cm³/mol. The Morgan fingerprint density at radius 3 is 2.65 bits per heavy atom. The molecule has 2 rings (SSSR count). The molecular formula is C13H14N4O3. The molecule has 0 aliphatic carbocycles. The van der Waals surface area contributed by atoms with Gasteiger partial charge in [0.1, 0.15) is 5.75 Å². The molecule has 0 unspecified atom stereocenters. The summed E-state index contributed by atoms with van der Waals surface area (Å²) in [4.78, 5) is 18.6. The van der Waals surface area contributed by atoms with Crippen molar-refractivity contribution in [3.63, 3.8) is 0 Å². The summed E-state index contributed by atoms with van der Waals surface area (Å²) in [5.74, 6) is 1.17. The maximum Gasteiger partial charge on any atom is 0.273 e. The van der Waals surface area contributed by atoms with Crippen molar-refractivity contribution in [3.8, 4) is 11.6 Å². The van der Waals surface area contributed by atoms with Crippen LogP contribution in [0, 0.1) is 24.0 Å². The van der Waals surface area contributed by atoms with Crippen molar-refractivity contribution in [1.29, 1.82) is 0 Å². The van der Waals surface area contributed by atoms with E-state index in [2.05, 4.69) is 15.3 Å². The molecule has 104 valence electrons. The number of nitro benzene ring substituents is 1. The van der Waals surface area contributed by atoms with Crippen LogP contribution in [0.15, 0.2) is 24.3 Å². The number of aryl methyl sites for hydroxylation is 2. The topological polar surface area (TPSA) is 90.2 Å². The molecule has 0 amide bonds. The standard InChI is InChI=1S/C13H14N4O3/c1-8-4-5-10(17(18)19)7-11(8)20-12-6-9(2)15-13(14-3)16-12/h4-7H,1-3H3,(H,14,15,16). The fourth-order valence-corrected chi connectivity index (χ4v) is 1.63. The van der Waals surface area contributed by atoms with E-state index in [0.29, 0.717) is 17.6 Å². The third-order valence-corrected chi connectivity index (χ3v) is 2.65. The summed E-state index contributed by atoms with van der Waals surface area (Å²) in [6.07, 6.45) is 0. The smallest absolute Gasteiger partial charge is 0.273 e. The van der Waals surface area contributed by atoms with Gasteiger partial charge in [0.15, 0.2) is 0 Å². The minimum absolute atomic E-state index is 0.0229. The molecule has 0 bridgehead atoms. The number of nitrogens with zero attached hydrogens (tertiary/aromatic N) is 3. The number of hydrogen-bond donors (Lipinski definition) is 1. The van der Waals surface area contributed by atoms with E-state index in [1.807, 2.05) is 13.8 Å². The van der Waals surface area contributed by atoms with Gasteiger partial charge in [-0.3, -0.25) is 10.1 Å². The Balaban J connectivity index is 2.36. The van der Waals surface area contributed by atoms with Crippen molar-refractivity contribution in [2.24, 2.45) is 0 Å². The minimum Gasteiger partial charge on any atom is -0.438 e. The fourth-order valence-electron chi connectivity index (χ4n) is 1.63. The van der Waals surface area contributed by atoms with Crippen LogP contribution in [0.1, 0.15) is 11.3 Å². The van der Waals surface area contributed by atoms with E-state index in [9.17, 15) is 10.1 Å². The highest BCUT2D eigenvalue weighted by Crippen LogP contribution is 2.28. The van der Waals surface area contributed by atoms with Gasteiger partial charge in [0.05, 0.1) is 11.0 Å². The van der Waals surface area contributed by atoms with Gasteiger partial charge in [-0.15, -0.1) is 0 Å². The third-order valence-electron chi connectivity index (χ3n) is 2.65. The highest BCUT2D eigenvalue weighted by molar-refractivity contribution is 5.45. The maximum atomic E-state index is 10.8. The van der Waals surface area contributed by atoms with Crippen LogP contribution < -0.4 is 10.1 Å². The van der Waals surface area contributed by atoms with E-state index in [4.69, 9.17) is 4.74 Å². The van der Waals surface area contributed by atoms with Gasteiger partial charge in [-0.2, -0.15) is 4.98 Å². The van der Waals surface area contributed by atoms with E-state index in [0.717, 1.165) is 11.3 Å². The molecule has 0 saturated carbocycles. The molecule has 1 heterocycles. The van der Waals surface area contributed by atoms with Crippen molar-refractivity contribution < 1.29 is 9.66 Å². The van der Waals surface area contributed by atoms with E-state index in [1.54, 1.807) is 19.2 Å². The Kier molecular flexibility index (Phi) is 3.79. The second-order valence-electron chi connectivity index (χ2n) is 4.23. The summed E-state index contributed by atoms with van der Waals surface area (Å²) in [6, 6.07) is 6.12. The molecule has 7 nitrogen and oxygen atoms in total. The highest BCUT2D eigenvalue weighted by atomic mass is 16.6. The molecule has 0 fully saturated rings. The average Bonchev–Trinajstić information content (AvgIpc) is 2.40. The Hall–Kier alpha value is -2.70. The van der Waals surface area contributed by atoms with Gasteiger partial charge in [0.25, 0.3) is 5.69 Å². The fraction of sp³-hybridized carbons (Fsp3) is 0.231. The Labute approximate surface area is 115 Å². The average molecular weight is 274 g/mol. The summed E-state index contributed by atoms with van der Waals surface area (Å²) in [5, 5.41) is 13.6. The van der Waals surface area contributed by atoms with Crippen molar-refractivity contribution >= 4 is 11.6 Å². The van der Waals surface area contributed by atoms with Crippen LogP contribution in [-0.4, -0.2) is 21.9 Å². The van der Waals surface area contributed by atoms with Gasteiger partial charge in [-0.25, -0.2) is 4.98 Å². The van der Waals surface area contributed by atoms with Crippen molar-refractivity contribution in [2.45, 2.75) is 13.8 Å². The first-order chi connectivity index (χ1) is 9.49. The van der Waals surface area contributed by atoms with E-state index < -0.39 is 4.92 Å². The molecule has 0 spiro atoms. The quantitative estimate of drug-likeness (QED) is 0.681. The lowest BCUT2D eigenvalue weighted by Gasteiger charge is -2.09. The number of non-ortho nitro benzene ring substituents is 1. The Bertz CT molecular complexity index is 658. The van der Waals surface area contributed by atoms with E-state index >= 15 is 0 Å². The van der Waals surface area contributed by atoms with E-state index in [1.165, 1.54) is 12.1 Å². The predicted octanol–water partition coefficient (Wildman–Crippen LogP) is 2.84. The number of nitro groups is 1. The molecule has 20 heavy (non-hydrogen) atoms. The summed E-state index contributed by atoms with van der Waals surface area (Å²) >= 11 is 0. The number of rotatable bonds is 4. The van der Waals surface area contributed by atoms with Gasteiger partial charge in [-0.1, -0.05) is 0 Å². The summed E-state index contributed by atoms with van der Waals surface area (Å²) < 4.78 is 5.63. The molecule has 2 aromatic rings. The number of benzene rings is 1. The van der Waals surface area contributed by atoms with Gasteiger partial charge in [0, 0.05) is 24.9 Å². The molecule has 0 atom stereocenters. The number of anilines is 1. The van der Waals surface area contributed by atoms with Crippen molar-refractivity contribution in [2.75, 3.05) is 12.4 Å². The first-order valence-electron chi connectivity index (χ1n) is 5.96. The molecular weight excluding hydrogens is 260 g/mol. The monoisotopic (exact) mass is 274 g/mol. The normalized spacial score (nSPS) is 10.2. The Morgan fingerprint density at radius 2 is 2.00 bits per heavy atom. The zero-order valence-corrected chi connectivity index (χ0v) is 11.4. The van der Waals surface area contributed by atoms with Gasteiger partial charge in [-0.05, 0) is 25.5 Å². The zero-order valence-electron chi connectivity index (χ0n) is 11.4. The molecule has 0 radical (unpaired) electrons. The van der Waals surface area contributed by atoms with Crippen molar-refractivity contribution in [1.82, 2.24) is 9.97 Å². The molecule has 1 aromatic heterocycles. The van der Waals surface area contributed by atoms with Crippen LogP contribution in [0.4, 0.5) is 11.6 Å². The maximum absolute atomic E-state index is 10.8. The lowest BCUT2D eigenvalue weighted by molar-refractivity contribution is -0.384. The lowest BCUT2D eigenvalue weighted by atomic mass is 10.2. The first-order valence-corrected chi connectivity index (χ1v) is 5.96. The number of hydrogen-bond acceptors (Lipinski definition) is 6. The second-order valence-corrected chi connectivity index (χ2v) is 4.23. The van der Waals surface area contributed by atoms with Gasteiger partial charge in [0.2, 0.25) is 11.8 Å². The minimum atomic E-state index is -0.462. The van der Waals surface area contributed by atoms with Crippen LogP contribution >= 0.6 is 0 Å². The molecule has 0 saturated heterocycles. The summed E-state index contributed by atoms with van der Waals surface area (Å²) in [7, 11) is 1.71. The van der Waals surface area contributed by atoms with Crippen LogP contribution in [0.25, 0.3) is 0 Å². The van der Waals surface area contributed by atoms with Crippen molar-refractivity contribution in [3.05, 3.63) is 45.6 Å². The largest absolute Gasteiger partial charge is 0.438 e. The lowest BCUT2D eigenvalue weighted by Crippen LogP contribution is -2.00. The summed E-state index contributed by atoms with van der Waals surface area (Å²) in [5.41, 5.74) is 1.51. The second kappa shape index (κ2) is 5.52. The van der Waals surface area contributed by atoms with Crippen LogP contribution in [0.2, 0.25) is 0 Å². The van der Waals surface area contributed by atoms with Crippen LogP contribution in [0.3, 0.4) is 0 Å². The van der Waals surface area contributed by atoms with Gasteiger partial charge >= 0.3 is 0 Å². The molecule has 1 N–H and O–H groups in total. The molecule has 0 aliphatic heterocycles. The molecule has 1 aromatic carbocycles. The SMILES string of the molecule is CNc1nc(C)cc(Oc2cc([N+](=O)[O-])ccc2C)n1. The number of nitrogens with one attached hydrogen (secondary N) is 1. The Morgan fingerprint density at radius 1 is 1.25 bits per heavy atom. The number of ether oxygens (including phenoxy) is 1. The number of aromatic nitrogens is 2. The molecule has 7 heteroatoms. The zero-order chi connectivity index (χ0) is 14.7. The van der Waals surface area contributed by atoms with Crippen LogP contribution in [0.5, 0.6) is 11.6 Å².